The van der Waals surface area contributed by atoms with Crippen molar-refractivity contribution in [2.45, 2.75) is 71.4 Å². The van der Waals surface area contributed by atoms with Crippen molar-refractivity contribution in [2.24, 2.45) is 0 Å². The molecule has 0 saturated heterocycles. The fourth-order valence-corrected chi connectivity index (χ4v) is 1.26. The van der Waals surface area contributed by atoms with Crippen LogP contribution < -0.4 is 0 Å². The first-order valence-electron chi connectivity index (χ1n) is 5.80. The van der Waals surface area contributed by atoms with Gasteiger partial charge in [0.25, 0.3) is 0 Å². The monoisotopic (exact) mass is 236 g/mol. The van der Waals surface area contributed by atoms with E-state index in [2.05, 4.69) is 0 Å². The van der Waals surface area contributed by atoms with Crippen LogP contribution in [0.4, 0.5) is 0 Å². The number of hydrogen-bond donors (Lipinski definition) is 3. The molecular weight excluding hydrogens is 212 g/mol. The van der Waals surface area contributed by atoms with Gasteiger partial charge in [0.15, 0.2) is 18.9 Å². The Labute approximate surface area is 97.0 Å². The highest BCUT2D eigenvalue weighted by atomic mass is 16.8. The van der Waals surface area contributed by atoms with Gasteiger partial charge in [0, 0.05) is 6.42 Å². The number of rotatable bonds is 9. The Morgan fingerprint density at radius 2 is 1.69 bits per heavy atom. The van der Waals surface area contributed by atoms with Gasteiger partial charge in [-0.25, -0.2) is 0 Å². The zero-order valence-electron chi connectivity index (χ0n) is 10.3. The molecular formula is C11H24O5. The van der Waals surface area contributed by atoms with Crippen molar-refractivity contribution in [1.29, 1.82) is 0 Å². The summed E-state index contributed by atoms with van der Waals surface area (Å²) in [5.74, 6) is 0. The van der Waals surface area contributed by atoms with Gasteiger partial charge in [-0.05, 0) is 26.7 Å². The second-order valence-corrected chi connectivity index (χ2v) is 3.98. The van der Waals surface area contributed by atoms with Gasteiger partial charge in [-0.3, -0.25) is 0 Å². The summed E-state index contributed by atoms with van der Waals surface area (Å²) in [6, 6.07) is 0. The smallest absolute Gasteiger partial charge is 0.166 e. The summed E-state index contributed by atoms with van der Waals surface area (Å²) < 4.78 is 10.2. The lowest BCUT2D eigenvalue weighted by molar-refractivity contribution is -0.278. The normalized spacial score (nSPS) is 19.1. The Balaban J connectivity index is 3.98. The molecule has 0 spiro atoms. The van der Waals surface area contributed by atoms with E-state index in [1.807, 2.05) is 6.92 Å². The number of aliphatic hydroxyl groups is 3. The molecule has 4 atom stereocenters. The lowest BCUT2D eigenvalue weighted by atomic mass is 10.2. The molecule has 0 aliphatic carbocycles. The molecule has 0 aliphatic rings. The van der Waals surface area contributed by atoms with Crippen molar-refractivity contribution in [2.75, 3.05) is 0 Å². The van der Waals surface area contributed by atoms with E-state index < -0.39 is 25.0 Å². The Hall–Kier alpha value is -0.200. The Morgan fingerprint density at radius 1 is 1.06 bits per heavy atom. The molecule has 5 nitrogen and oxygen atoms in total. The van der Waals surface area contributed by atoms with Crippen LogP contribution in [-0.4, -0.2) is 40.3 Å². The second-order valence-electron chi connectivity index (χ2n) is 3.98. The van der Waals surface area contributed by atoms with Crippen molar-refractivity contribution in [3.05, 3.63) is 0 Å². The first kappa shape index (κ1) is 15.8. The minimum absolute atomic E-state index is 0.216. The average molecular weight is 236 g/mol. The third kappa shape index (κ3) is 9.06. The quantitative estimate of drug-likeness (QED) is 0.520. The SMILES string of the molecule is CCCCC(O)OC(CC(C)O)OC(C)O. The highest BCUT2D eigenvalue weighted by molar-refractivity contribution is 4.54. The molecule has 0 aromatic rings. The van der Waals surface area contributed by atoms with Crippen molar-refractivity contribution in [3.63, 3.8) is 0 Å². The molecule has 98 valence electrons. The van der Waals surface area contributed by atoms with E-state index in [9.17, 15) is 10.2 Å². The number of hydrogen-bond acceptors (Lipinski definition) is 5. The molecule has 4 unspecified atom stereocenters. The molecule has 0 heterocycles. The van der Waals surface area contributed by atoms with Crippen LogP contribution in [0.1, 0.15) is 46.5 Å². The van der Waals surface area contributed by atoms with Gasteiger partial charge in [0.1, 0.15) is 0 Å². The highest BCUT2D eigenvalue weighted by Gasteiger charge is 2.18. The van der Waals surface area contributed by atoms with Crippen LogP contribution in [0.2, 0.25) is 0 Å². The van der Waals surface area contributed by atoms with Gasteiger partial charge < -0.3 is 24.8 Å². The lowest BCUT2D eigenvalue weighted by Gasteiger charge is -2.24. The summed E-state index contributed by atoms with van der Waals surface area (Å²) in [5, 5.41) is 27.8. The summed E-state index contributed by atoms with van der Waals surface area (Å²) in [4.78, 5) is 0. The maximum absolute atomic E-state index is 9.51. The zero-order chi connectivity index (χ0) is 12.6. The van der Waals surface area contributed by atoms with Crippen molar-refractivity contribution < 1.29 is 24.8 Å². The van der Waals surface area contributed by atoms with Crippen LogP contribution in [-0.2, 0) is 9.47 Å². The molecule has 0 radical (unpaired) electrons. The summed E-state index contributed by atoms with van der Waals surface area (Å²) in [6.07, 6.45) is -0.724. The summed E-state index contributed by atoms with van der Waals surface area (Å²) >= 11 is 0. The largest absolute Gasteiger partial charge is 0.393 e. The van der Waals surface area contributed by atoms with Gasteiger partial charge in [0.2, 0.25) is 0 Å². The number of unbranched alkanes of at least 4 members (excludes halogenated alkanes) is 1. The lowest BCUT2D eigenvalue weighted by Crippen LogP contribution is -2.30. The molecule has 0 amide bonds. The van der Waals surface area contributed by atoms with E-state index in [0.29, 0.717) is 6.42 Å². The molecule has 0 aromatic carbocycles. The van der Waals surface area contributed by atoms with E-state index in [0.717, 1.165) is 12.8 Å². The summed E-state index contributed by atoms with van der Waals surface area (Å²) in [6.45, 7) is 5.07. The number of ether oxygens (including phenoxy) is 2. The van der Waals surface area contributed by atoms with Crippen LogP contribution in [0, 0.1) is 0 Å². The summed E-state index contributed by atoms with van der Waals surface area (Å²) in [7, 11) is 0. The minimum atomic E-state index is -0.984. The predicted octanol–water partition coefficient (Wildman–Crippen LogP) is 0.963. The second kappa shape index (κ2) is 8.90. The van der Waals surface area contributed by atoms with Crippen LogP contribution in [0.15, 0.2) is 0 Å². The van der Waals surface area contributed by atoms with Crippen LogP contribution in [0.3, 0.4) is 0 Å². The van der Waals surface area contributed by atoms with Crippen LogP contribution >= 0.6 is 0 Å². The van der Waals surface area contributed by atoms with Gasteiger partial charge in [-0.2, -0.15) is 0 Å². The summed E-state index contributed by atoms with van der Waals surface area (Å²) in [5.41, 5.74) is 0. The Kier molecular flexibility index (Phi) is 8.78. The topological polar surface area (TPSA) is 79.2 Å². The molecule has 0 aromatic heterocycles. The first-order chi connectivity index (χ1) is 7.45. The molecule has 0 saturated carbocycles. The third-order valence-corrected chi connectivity index (χ3v) is 2.00. The first-order valence-corrected chi connectivity index (χ1v) is 5.80. The van der Waals surface area contributed by atoms with Gasteiger partial charge >= 0.3 is 0 Å². The molecule has 3 N–H and O–H groups in total. The van der Waals surface area contributed by atoms with Crippen molar-refractivity contribution >= 4 is 0 Å². The van der Waals surface area contributed by atoms with Gasteiger partial charge in [-0.1, -0.05) is 13.3 Å². The van der Waals surface area contributed by atoms with E-state index in [1.54, 1.807) is 6.92 Å². The molecule has 16 heavy (non-hydrogen) atoms. The predicted molar refractivity (Wildman–Crippen MR) is 59.5 cm³/mol. The molecule has 0 rings (SSSR count). The van der Waals surface area contributed by atoms with E-state index in [-0.39, 0.29) is 6.42 Å². The number of aliphatic hydroxyl groups excluding tert-OH is 3. The molecule has 0 aliphatic heterocycles. The average Bonchev–Trinajstić information content (AvgIpc) is 2.12. The van der Waals surface area contributed by atoms with Crippen molar-refractivity contribution in [1.82, 2.24) is 0 Å². The fraction of sp³-hybridized carbons (Fsp3) is 1.00. The van der Waals surface area contributed by atoms with Crippen LogP contribution in [0.5, 0.6) is 0 Å². The minimum Gasteiger partial charge on any atom is -0.393 e. The third-order valence-electron chi connectivity index (χ3n) is 2.00. The van der Waals surface area contributed by atoms with Gasteiger partial charge in [-0.15, -0.1) is 0 Å². The zero-order valence-corrected chi connectivity index (χ0v) is 10.3. The van der Waals surface area contributed by atoms with Gasteiger partial charge in [0.05, 0.1) is 6.10 Å². The maximum Gasteiger partial charge on any atom is 0.166 e. The van der Waals surface area contributed by atoms with Crippen LogP contribution in [0.25, 0.3) is 0 Å². The van der Waals surface area contributed by atoms with E-state index in [1.165, 1.54) is 6.92 Å². The van der Waals surface area contributed by atoms with E-state index >= 15 is 0 Å². The maximum atomic E-state index is 9.51. The van der Waals surface area contributed by atoms with E-state index in [4.69, 9.17) is 14.6 Å². The standard InChI is InChI=1S/C11H24O5/c1-4-5-6-10(14)16-11(7-8(2)12)15-9(3)13/h8-14H,4-7H2,1-3H3. The Bertz CT molecular complexity index is 150. The molecule has 0 bridgehead atoms. The molecule has 0 fully saturated rings. The highest BCUT2D eigenvalue weighted by Crippen LogP contribution is 2.12. The Morgan fingerprint density at radius 3 is 2.12 bits per heavy atom. The van der Waals surface area contributed by atoms with Crippen molar-refractivity contribution in [3.8, 4) is 0 Å². The molecule has 5 heteroatoms. The fourth-order valence-electron chi connectivity index (χ4n) is 1.26.